The molecule has 0 saturated carbocycles. The zero-order valence-electron chi connectivity index (χ0n) is 9.30. The Kier molecular flexibility index (Phi) is 3.05. The Balaban J connectivity index is 2.36. The summed E-state index contributed by atoms with van der Waals surface area (Å²) in [6.07, 6.45) is 0. The van der Waals surface area contributed by atoms with E-state index < -0.39 is 0 Å². The van der Waals surface area contributed by atoms with Gasteiger partial charge >= 0.3 is 0 Å². The van der Waals surface area contributed by atoms with Crippen molar-refractivity contribution in [2.24, 2.45) is 5.11 Å². The van der Waals surface area contributed by atoms with Crippen LogP contribution in [0.4, 0.5) is 11.4 Å². The van der Waals surface area contributed by atoms with E-state index in [4.69, 9.17) is 17.0 Å². The van der Waals surface area contributed by atoms with Gasteiger partial charge in [0.2, 0.25) is 0 Å². The number of hydrogen-bond acceptors (Lipinski definition) is 4. The van der Waals surface area contributed by atoms with Gasteiger partial charge in [-0.25, -0.2) is 5.53 Å². The van der Waals surface area contributed by atoms with E-state index in [0.29, 0.717) is 11.4 Å². The molecule has 0 bridgehead atoms. The zero-order valence-corrected chi connectivity index (χ0v) is 9.30. The summed E-state index contributed by atoms with van der Waals surface area (Å²) < 4.78 is 0. The molecule has 5 N–H and O–H groups in total. The number of hydrogen-bond donors (Lipinski definition) is 3. The molecule has 0 atom stereocenters. The number of nitrogens with zero attached hydrogens (tertiary/aromatic N) is 1. The van der Waals surface area contributed by atoms with Gasteiger partial charge in [-0.1, -0.05) is 24.3 Å². The van der Waals surface area contributed by atoms with Crippen molar-refractivity contribution in [3.8, 4) is 0 Å². The second-order valence-corrected chi connectivity index (χ2v) is 3.86. The second-order valence-electron chi connectivity index (χ2n) is 3.86. The van der Waals surface area contributed by atoms with E-state index in [1.807, 2.05) is 48.5 Å². The molecule has 0 unspecified atom stereocenters. The molecule has 4 nitrogen and oxygen atoms in total. The molecule has 2 aromatic rings. The van der Waals surface area contributed by atoms with Gasteiger partial charge in [-0.15, -0.1) is 0 Å². The molecule has 0 saturated heterocycles. The first kappa shape index (κ1) is 11.1. The molecule has 86 valence electrons. The monoisotopic (exact) mass is 226 g/mol. The van der Waals surface area contributed by atoms with Crippen molar-refractivity contribution in [2.75, 3.05) is 11.5 Å². The molecular formula is C13H14N4. The molecule has 0 heterocycles. The van der Waals surface area contributed by atoms with Crippen LogP contribution >= 0.6 is 0 Å². The van der Waals surface area contributed by atoms with Gasteiger partial charge in [0.25, 0.3) is 0 Å². The second kappa shape index (κ2) is 4.65. The quantitative estimate of drug-likeness (QED) is 0.555. The van der Waals surface area contributed by atoms with Crippen molar-refractivity contribution >= 4 is 11.4 Å². The number of anilines is 2. The highest BCUT2D eigenvalue weighted by Crippen LogP contribution is 2.26. The van der Waals surface area contributed by atoms with Crippen molar-refractivity contribution in [1.82, 2.24) is 0 Å². The summed E-state index contributed by atoms with van der Waals surface area (Å²) in [6.45, 7) is 0. The largest absolute Gasteiger partial charge is 0.399 e. The van der Waals surface area contributed by atoms with Crippen LogP contribution in [0, 0.1) is 5.53 Å². The minimum atomic E-state index is -0.295. The fraction of sp³-hybridized carbons (Fsp3) is 0.0769. The molecule has 0 fully saturated rings. The predicted molar refractivity (Wildman–Crippen MR) is 68.7 cm³/mol. The molecular weight excluding hydrogens is 212 g/mol. The van der Waals surface area contributed by atoms with E-state index in [1.54, 1.807) is 0 Å². The molecule has 0 aliphatic heterocycles. The van der Waals surface area contributed by atoms with Crippen LogP contribution in [0.5, 0.6) is 0 Å². The highest BCUT2D eigenvalue weighted by Gasteiger charge is 2.12. The number of nitrogen functional groups attached to an aromatic ring is 2. The van der Waals surface area contributed by atoms with Crippen LogP contribution in [0.1, 0.15) is 17.2 Å². The molecule has 0 spiro atoms. The predicted octanol–water partition coefficient (Wildman–Crippen LogP) is 2.97. The van der Waals surface area contributed by atoms with E-state index >= 15 is 0 Å². The van der Waals surface area contributed by atoms with E-state index in [9.17, 15) is 0 Å². The van der Waals surface area contributed by atoms with Crippen molar-refractivity contribution in [3.63, 3.8) is 0 Å². The standard InChI is InChI=1S/C13H14N4/c14-11-5-1-9(2-6-11)13(17-16)10-3-7-12(15)8-4-10/h1-8,13,16H,14-15H2. The van der Waals surface area contributed by atoms with Crippen LogP contribution in [0.2, 0.25) is 0 Å². The first-order chi connectivity index (χ1) is 8.20. The Labute approximate surface area is 99.8 Å². The van der Waals surface area contributed by atoms with Crippen molar-refractivity contribution in [3.05, 3.63) is 59.7 Å². The van der Waals surface area contributed by atoms with Gasteiger partial charge in [0.1, 0.15) is 6.04 Å². The Bertz CT molecular complexity index is 456. The average Bonchev–Trinajstić information content (AvgIpc) is 2.35. The minimum absolute atomic E-state index is 0.295. The number of rotatable bonds is 3. The summed E-state index contributed by atoms with van der Waals surface area (Å²) in [5.74, 6) is 0. The van der Waals surface area contributed by atoms with Crippen LogP contribution in [-0.2, 0) is 0 Å². The maximum absolute atomic E-state index is 7.30. The Morgan fingerprint density at radius 1 is 0.765 bits per heavy atom. The summed E-state index contributed by atoms with van der Waals surface area (Å²) in [7, 11) is 0. The van der Waals surface area contributed by atoms with E-state index in [1.165, 1.54) is 0 Å². The molecule has 0 aliphatic carbocycles. The average molecular weight is 226 g/mol. The topological polar surface area (TPSA) is 88.2 Å². The van der Waals surface area contributed by atoms with Crippen LogP contribution in [-0.4, -0.2) is 0 Å². The third-order valence-electron chi connectivity index (χ3n) is 2.63. The zero-order chi connectivity index (χ0) is 12.3. The van der Waals surface area contributed by atoms with Crippen LogP contribution in [0.25, 0.3) is 0 Å². The van der Waals surface area contributed by atoms with Crippen LogP contribution < -0.4 is 11.5 Å². The van der Waals surface area contributed by atoms with E-state index in [0.717, 1.165) is 11.1 Å². The van der Waals surface area contributed by atoms with Gasteiger partial charge in [0.05, 0.1) is 0 Å². The third kappa shape index (κ3) is 2.42. The van der Waals surface area contributed by atoms with Gasteiger partial charge in [0, 0.05) is 11.4 Å². The van der Waals surface area contributed by atoms with Crippen molar-refractivity contribution < 1.29 is 0 Å². The highest BCUT2D eigenvalue weighted by molar-refractivity contribution is 5.45. The Hall–Kier alpha value is -2.36. The summed E-state index contributed by atoms with van der Waals surface area (Å²) in [5, 5.41) is 3.66. The van der Waals surface area contributed by atoms with Gasteiger partial charge in [-0.05, 0) is 35.4 Å². The number of nitrogens with one attached hydrogen (secondary N) is 1. The fourth-order valence-electron chi connectivity index (χ4n) is 1.70. The summed E-state index contributed by atoms with van der Waals surface area (Å²) in [6, 6.07) is 14.5. The van der Waals surface area contributed by atoms with Crippen LogP contribution in [0.15, 0.2) is 53.6 Å². The van der Waals surface area contributed by atoms with Gasteiger partial charge in [0.15, 0.2) is 0 Å². The van der Waals surface area contributed by atoms with E-state index in [2.05, 4.69) is 5.11 Å². The maximum atomic E-state index is 7.30. The fourth-order valence-corrected chi connectivity index (χ4v) is 1.70. The molecule has 0 aromatic heterocycles. The number of benzene rings is 2. The van der Waals surface area contributed by atoms with Gasteiger partial charge in [-0.3, -0.25) is 0 Å². The van der Waals surface area contributed by atoms with Crippen molar-refractivity contribution in [2.45, 2.75) is 6.04 Å². The lowest BCUT2D eigenvalue weighted by atomic mass is 9.99. The van der Waals surface area contributed by atoms with Gasteiger partial charge < -0.3 is 11.5 Å². The number of nitrogens with two attached hydrogens (primary N) is 2. The molecule has 17 heavy (non-hydrogen) atoms. The van der Waals surface area contributed by atoms with Crippen LogP contribution in [0.3, 0.4) is 0 Å². The van der Waals surface area contributed by atoms with Crippen molar-refractivity contribution in [1.29, 1.82) is 5.53 Å². The lowest BCUT2D eigenvalue weighted by Crippen LogP contribution is -1.98. The Morgan fingerprint density at radius 2 is 1.12 bits per heavy atom. The molecule has 0 radical (unpaired) electrons. The lowest BCUT2D eigenvalue weighted by molar-refractivity contribution is 0.776. The van der Waals surface area contributed by atoms with Gasteiger partial charge in [-0.2, -0.15) is 5.11 Å². The maximum Gasteiger partial charge on any atom is 0.121 e. The third-order valence-corrected chi connectivity index (χ3v) is 2.63. The molecule has 2 aromatic carbocycles. The highest BCUT2D eigenvalue weighted by atomic mass is 15.0. The summed E-state index contributed by atoms with van der Waals surface area (Å²) >= 11 is 0. The molecule has 0 aliphatic rings. The minimum Gasteiger partial charge on any atom is -0.399 e. The van der Waals surface area contributed by atoms with E-state index in [-0.39, 0.29) is 6.04 Å². The first-order valence-electron chi connectivity index (χ1n) is 5.28. The molecule has 0 amide bonds. The lowest BCUT2D eigenvalue weighted by Gasteiger charge is -2.11. The first-order valence-corrected chi connectivity index (χ1v) is 5.28. The smallest absolute Gasteiger partial charge is 0.121 e. The Morgan fingerprint density at radius 3 is 1.41 bits per heavy atom. The summed E-state index contributed by atoms with van der Waals surface area (Å²) in [5.41, 5.74) is 21.9. The SMILES string of the molecule is N=NC(c1ccc(N)cc1)c1ccc(N)cc1. The molecule has 4 heteroatoms. The molecule has 2 rings (SSSR count). The summed E-state index contributed by atoms with van der Waals surface area (Å²) in [4.78, 5) is 0. The normalized spacial score (nSPS) is 10.4.